The highest BCUT2D eigenvalue weighted by Gasteiger charge is 2.46. The number of aliphatic hydroxyl groups excluding tert-OH is 2. The number of likely N-dealkylation sites (tertiary alicyclic amines) is 3. The van der Waals surface area contributed by atoms with Gasteiger partial charge < -0.3 is 24.4 Å². The Morgan fingerprint density at radius 3 is 0.880 bits per heavy atom. The van der Waals surface area contributed by atoms with Crippen molar-refractivity contribution in [2.75, 3.05) is 13.2 Å². The molecule has 0 aliphatic carbocycles. The van der Waals surface area contributed by atoms with Gasteiger partial charge in [-0.3, -0.25) is 14.4 Å². The summed E-state index contributed by atoms with van der Waals surface area (Å²) in [6, 6.07) is 54.2. The fourth-order valence-corrected chi connectivity index (χ4v) is 10.5. The number of imide groups is 3. The van der Waals surface area contributed by atoms with E-state index in [1.54, 1.807) is 41.5 Å². The molecule has 3 heterocycles. The first-order valence-corrected chi connectivity index (χ1v) is 28.6. The van der Waals surface area contributed by atoms with Crippen LogP contribution in [0.15, 0.2) is 164 Å². The van der Waals surface area contributed by atoms with Crippen molar-refractivity contribution >= 4 is 36.0 Å². The van der Waals surface area contributed by atoms with E-state index in [1.165, 1.54) is 20.3 Å². The third-order valence-corrected chi connectivity index (χ3v) is 14.5. The molecule has 14 heteroatoms. The smallest absolute Gasteiger partial charge is 0.417 e. The molecule has 0 bridgehead atoms. The first kappa shape index (κ1) is 62.7. The molecule has 3 aliphatic rings. The number of amides is 6. The Hall–Kier alpha value is -7.94. The van der Waals surface area contributed by atoms with Crippen LogP contribution in [0.25, 0.3) is 33.4 Å². The summed E-state index contributed by atoms with van der Waals surface area (Å²) in [6.07, 6.45) is 1.45. The fourth-order valence-electron chi connectivity index (χ4n) is 10.5. The zero-order valence-electron chi connectivity index (χ0n) is 49.6. The van der Waals surface area contributed by atoms with Gasteiger partial charge >= 0.3 is 18.3 Å². The summed E-state index contributed by atoms with van der Waals surface area (Å²) in [5.74, 6) is -2.13. The van der Waals surface area contributed by atoms with Crippen molar-refractivity contribution in [3.05, 3.63) is 180 Å². The second kappa shape index (κ2) is 27.4. The number of rotatable bonds is 11. The van der Waals surface area contributed by atoms with E-state index in [-0.39, 0.29) is 55.0 Å². The van der Waals surface area contributed by atoms with E-state index in [4.69, 9.17) is 14.2 Å². The van der Waals surface area contributed by atoms with Crippen molar-refractivity contribution in [3.8, 4) is 33.4 Å². The Bertz CT molecular complexity index is 2990. The van der Waals surface area contributed by atoms with E-state index < -0.39 is 46.9 Å². The largest absolute Gasteiger partial charge is 0.443 e. The summed E-state index contributed by atoms with van der Waals surface area (Å²) in [4.78, 5) is 79.0. The first-order chi connectivity index (χ1) is 39.3. The molecule has 14 nitrogen and oxygen atoms in total. The lowest BCUT2D eigenvalue weighted by Crippen LogP contribution is -2.43. The van der Waals surface area contributed by atoms with Gasteiger partial charge in [0.1, 0.15) is 16.8 Å². The van der Waals surface area contributed by atoms with Crippen molar-refractivity contribution in [1.82, 2.24) is 14.7 Å². The lowest BCUT2D eigenvalue weighted by molar-refractivity contribution is -0.133. The molecule has 6 aromatic carbocycles. The van der Waals surface area contributed by atoms with Gasteiger partial charge in [0.2, 0.25) is 17.7 Å². The van der Waals surface area contributed by atoms with Crippen LogP contribution in [-0.4, -0.2) is 109 Å². The fraction of sp³-hybridized carbons (Fsp3) is 0.391. The second-order valence-corrected chi connectivity index (χ2v) is 24.7. The van der Waals surface area contributed by atoms with E-state index >= 15 is 0 Å². The molecule has 6 amide bonds. The summed E-state index contributed by atoms with van der Waals surface area (Å²) >= 11 is 0. The predicted octanol–water partition coefficient (Wildman–Crippen LogP) is 13.1. The topological polar surface area (TPSA) is 180 Å². The summed E-state index contributed by atoms with van der Waals surface area (Å²) in [6.45, 7) is 17.4. The van der Waals surface area contributed by atoms with Crippen LogP contribution in [0.1, 0.15) is 105 Å². The van der Waals surface area contributed by atoms with E-state index in [9.17, 15) is 39.0 Å². The van der Waals surface area contributed by atoms with Crippen LogP contribution in [0.2, 0.25) is 0 Å². The van der Waals surface area contributed by atoms with E-state index in [2.05, 4.69) is 60.7 Å². The second-order valence-electron chi connectivity index (χ2n) is 24.7. The number of ether oxygens (including phenoxy) is 3. The number of benzene rings is 6. The quantitative estimate of drug-likeness (QED) is 0.118. The van der Waals surface area contributed by atoms with Gasteiger partial charge in [0.05, 0.1) is 25.0 Å². The first-order valence-electron chi connectivity index (χ1n) is 28.6. The van der Waals surface area contributed by atoms with E-state index in [1.807, 2.05) is 131 Å². The summed E-state index contributed by atoms with van der Waals surface area (Å²) < 4.78 is 16.3. The van der Waals surface area contributed by atoms with Crippen LogP contribution in [0.4, 0.5) is 14.4 Å². The number of carbonyl (C=O) groups is 6. The average molecular weight is 1130 g/mol. The number of nitrogens with zero attached hydrogens (tertiary/aromatic N) is 3. The molecule has 0 saturated carbocycles. The maximum absolute atomic E-state index is 12.6. The Morgan fingerprint density at radius 1 is 0.386 bits per heavy atom. The van der Waals surface area contributed by atoms with Crippen molar-refractivity contribution in [1.29, 1.82) is 0 Å². The molecule has 0 spiro atoms. The summed E-state index contributed by atoms with van der Waals surface area (Å²) in [7, 11) is 0. The highest BCUT2D eigenvalue weighted by atomic mass is 16.6. The number of hydrogen-bond donors (Lipinski definition) is 2. The van der Waals surface area contributed by atoms with Crippen LogP contribution in [-0.2, 0) is 47.9 Å². The number of aliphatic hydroxyl groups is 2. The Morgan fingerprint density at radius 2 is 0.627 bits per heavy atom. The highest BCUT2D eigenvalue weighted by Crippen LogP contribution is 2.33. The SMILES string of the molecule is CC(C)(C)OC(=O)N1C(=O)C(CO)C[C@H]1Cc1ccc(-c2ccccc2)cc1.CC(C)(C)OC(=O)N1C(=O)C(CO)C[C@H]1Cc1ccc(-c2ccccc2)cc1.CC1C[C@@H](Cc2ccc(-c3ccccc3)cc2)N(C(=O)OC(C)(C)C)C1=O. The predicted molar refractivity (Wildman–Crippen MR) is 322 cm³/mol. The van der Waals surface area contributed by atoms with E-state index in [0.29, 0.717) is 38.5 Å². The summed E-state index contributed by atoms with van der Waals surface area (Å²) in [5, 5.41) is 19.0. The zero-order chi connectivity index (χ0) is 60.2. The molecule has 83 heavy (non-hydrogen) atoms. The Kier molecular flexibility index (Phi) is 20.7. The van der Waals surface area contributed by atoms with Gasteiger partial charge in [-0.25, -0.2) is 29.1 Å². The maximum Gasteiger partial charge on any atom is 0.417 e. The minimum atomic E-state index is -0.684. The average Bonchev–Trinajstić information content (AvgIpc) is 4.01. The van der Waals surface area contributed by atoms with Gasteiger partial charge in [-0.1, -0.05) is 171 Å². The minimum Gasteiger partial charge on any atom is -0.443 e. The van der Waals surface area contributed by atoms with E-state index in [0.717, 1.165) is 44.5 Å². The van der Waals surface area contributed by atoms with Crippen molar-refractivity contribution in [3.63, 3.8) is 0 Å². The standard InChI is InChI=1S/2C23H27NO4.C23H27NO3/c2*1-23(2,3)28-22(27)24-20(14-19(15-25)21(24)26)13-16-9-11-18(12-10-16)17-7-5-4-6-8-17;1-16-14-20(24(21(16)25)22(26)27-23(2,3)4)15-17-10-12-19(13-11-17)18-8-6-5-7-9-18/h2*4-12,19-20,25H,13-15H2,1-3H3;5-13,16,20H,14-15H2,1-4H3/t2*19?,20-;16?,20-/m110/s1. The molecule has 438 valence electrons. The van der Waals surface area contributed by atoms with Crippen molar-refractivity contribution < 1.29 is 53.2 Å². The molecule has 9 rings (SSSR count). The van der Waals surface area contributed by atoms with Gasteiger partial charge in [-0.2, -0.15) is 0 Å². The van der Waals surface area contributed by atoms with Crippen LogP contribution in [0.5, 0.6) is 0 Å². The Labute approximate surface area is 489 Å². The monoisotopic (exact) mass is 1130 g/mol. The molecule has 6 atom stereocenters. The van der Waals surface area contributed by atoms with Crippen LogP contribution in [0.3, 0.4) is 0 Å². The molecule has 0 aromatic heterocycles. The molecular weight excluding hydrogens is 1050 g/mol. The van der Waals surface area contributed by atoms with Gasteiger partial charge in [-0.05, 0) is 151 Å². The third kappa shape index (κ3) is 17.3. The molecule has 0 radical (unpaired) electrons. The third-order valence-electron chi connectivity index (χ3n) is 14.5. The van der Waals surface area contributed by atoms with Gasteiger partial charge in [0.25, 0.3) is 0 Å². The van der Waals surface area contributed by atoms with Crippen LogP contribution < -0.4 is 0 Å². The molecule has 2 N–H and O–H groups in total. The maximum atomic E-state index is 12.6. The van der Waals surface area contributed by atoms with Gasteiger partial charge in [0, 0.05) is 24.0 Å². The zero-order valence-corrected chi connectivity index (χ0v) is 49.6. The Balaban J connectivity index is 0.000000179. The van der Waals surface area contributed by atoms with Crippen LogP contribution in [0, 0.1) is 17.8 Å². The molecule has 3 saturated heterocycles. The molecule has 3 aliphatic heterocycles. The lowest BCUT2D eigenvalue weighted by Gasteiger charge is -2.27. The van der Waals surface area contributed by atoms with Gasteiger partial charge in [-0.15, -0.1) is 0 Å². The lowest BCUT2D eigenvalue weighted by atomic mass is 9.98. The molecular formula is C69H81N3O11. The summed E-state index contributed by atoms with van der Waals surface area (Å²) in [5.41, 5.74) is 8.01. The molecule has 6 aromatic rings. The highest BCUT2D eigenvalue weighted by molar-refractivity contribution is 5.97. The van der Waals surface area contributed by atoms with Crippen molar-refractivity contribution in [2.24, 2.45) is 17.8 Å². The van der Waals surface area contributed by atoms with Gasteiger partial charge in [0.15, 0.2) is 0 Å². The normalized spacial score (nSPS) is 19.8. The minimum absolute atomic E-state index is 0.143. The van der Waals surface area contributed by atoms with Crippen LogP contribution >= 0.6 is 0 Å². The number of carbonyl (C=O) groups excluding carboxylic acids is 6. The molecule has 3 unspecified atom stereocenters. The number of hydrogen-bond acceptors (Lipinski definition) is 11. The molecule has 3 fully saturated rings. The van der Waals surface area contributed by atoms with Crippen molar-refractivity contribution in [2.45, 2.75) is 143 Å².